The molecular weight excluding hydrogens is 208 g/mol. The van der Waals surface area contributed by atoms with Crippen LogP contribution in [-0.2, 0) is 4.74 Å². The molecule has 2 heterocycles. The monoisotopic (exact) mass is 224 g/mol. The van der Waals surface area contributed by atoms with Gasteiger partial charge in [-0.05, 0) is 13.3 Å². The standard InChI is InChI=1S/C11H16N2O3/c1-3-4-15-9-5-12-10(13-6-9)16-11(2)7-14-8-11/h5-6H,3-4,7-8H2,1-2H3. The van der Waals surface area contributed by atoms with Crippen LogP contribution in [-0.4, -0.2) is 35.4 Å². The molecule has 0 radical (unpaired) electrons. The maximum atomic E-state index is 5.59. The van der Waals surface area contributed by atoms with Crippen LogP contribution in [0.4, 0.5) is 0 Å². The lowest BCUT2D eigenvalue weighted by Crippen LogP contribution is -2.51. The average Bonchev–Trinajstić information content (AvgIpc) is 2.26. The van der Waals surface area contributed by atoms with Gasteiger partial charge in [-0.1, -0.05) is 6.92 Å². The van der Waals surface area contributed by atoms with Crippen molar-refractivity contribution in [3.05, 3.63) is 12.4 Å². The van der Waals surface area contributed by atoms with Crippen molar-refractivity contribution in [1.82, 2.24) is 9.97 Å². The number of ether oxygens (including phenoxy) is 3. The lowest BCUT2D eigenvalue weighted by molar-refractivity contribution is -0.153. The SMILES string of the molecule is CCCOc1cnc(OC2(C)COC2)nc1. The summed E-state index contributed by atoms with van der Waals surface area (Å²) >= 11 is 0. The fourth-order valence-corrected chi connectivity index (χ4v) is 1.32. The molecule has 0 N–H and O–H groups in total. The van der Waals surface area contributed by atoms with Crippen LogP contribution in [0.5, 0.6) is 11.8 Å². The van der Waals surface area contributed by atoms with Gasteiger partial charge < -0.3 is 14.2 Å². The molecule has 0 aliphatic carbocycles. The smallest absolute Gasteiger partial charge is 0.317 e. The second-order valence-electron chi connectivity index (χ2n) is 4.09. The molecule has 1 aliphatic rings. The number of nitrogens with zero attached hydrogens (tertiary/aromatic N) is 2. The highest BCUT2D eigenvalue weighted by Crippen LogP contribution is 2.22. The van der Waals surface area contributed by atoms with Crippen LogP contribution in [0.3, 0.4) is 0 Å². The van der Waals surface area contributed by atoms with Crippen LogP contribution in [0.25, 0.3) is 0 Å². The van der Waals surface area contributed by atoms with E-state index in [4.69, 9.17) is 14.2 Å². The van der Waals surface area contributed by atoms with Crippen molar-refractivity contribution in [1.29, 1.82) is 0 Å². The van der Waals surface area contributed by atoms with E-state index >= 15 is 0 Å². The van der Waals surface area contributed by atoms with Crippen molar-refractivity contribution in [2.75, 3.05) is 19.8 Å². The summed E-state index contributed by atoms with van der Waals surface area (Å²) in [7, 11) is 0. The van der Waals surface area contributed by atoms with E-state index in [2.05, 4.69) is 16.9 Å². The lowest BCUT2D eigenvalue weighted by atomic mass is 10.1. The van der Waals surface area contributed by atoms with Crippen molar-refractivity contribution in [3.63, 3.8) is 0 Å². The van der Waals surface area contributed by atoms with Gasteiger partial charge in [0.25, 0.3) is 0 Å². The van der Waals surface area contributed by atoms with E-state index in [0.717, 1.165) is 6.42 Å². The zero-order valence-corrected chi connectivity index (χ0v) is 9.60. The summed E-state index contributed by atoms with van der Waals surface area (Å²) in [6.45, 7) is 5.88. The molecule has 1 aromatic heterocycles. The summed E-state index contributed by atoms with van der Waals surface area (Å²) in [5.74, 6) is 0.671. The van der Waals surface area contributed by atoms with Gasteiger partial charge in [-0.3, -0.25) is 0 Å². The van der Waals surface area contributed by atoms with Gasteiger partial charge in [0.15, 0.2) is 11.4 Å². The molecule has 1 fully saturated rings. The second kappa shape index (κ2) is 4.65. The quantitative estimate of drug-likeness (QED) is 0.757. The third-order valence-corrected chi connectivity index (χ3v) is 2.23. The van der Waals surface area contributed by atoms with Crippen molar-refractivity contribution in [2.45, 2.75) is 25.9 Å². The van der Waals surface area contributed by atoms with E-state index in [1.165, 1.54) is 0 Å². The Balaban J connectivity index is 1.91. The predicted octanol–water partition coefficient (Wildman–Crippen LogP) is 1.43. The first-order chi connectivity index (χ1) is 7.72. The van der Waals surface area contributed by atoms with E-state index in [9.17, 15) is 0 Å². The second-order valence-corrected chi connectivity index (χ2v) is 4.09. The Labute approximate surface area is 94.8 Å². The minimum absolute atomic E-state index is 0.272. The van der Waals surface area contributed by atoms with E-state index in [1.807, 2.05) is 6.92 Å². The Morgan fingerprint density at radius 2 is 2.06 bits per heavy atom. The molecule has 0 aromatic carbocycles. The highest BCUT2D eigenvalue weighted by molar-refractivity contribution is 5.14. The van der Waals surface area contributed by atoms with Gasteiger partial charge in [-0.2, -0.15) is 9.97 Å². The van der Waals surface area contributed by atoms with Crippen LogP contribution < -0.4 is 9.47 Å². The van der Waals surface area contributed by atoms with Gasteiger partial charge in [0.2, 0.25) is 0 Å². The maximum Gasteiger partial charge on any atom is 0.317 e. The Bertz CT molecular complexity index is 336. The Morgan fingerprint density at radius 3 is 2.56 bits per heavy atom. The summed E-state index contributed by atoms with van der Waals surface area (Å²) < 4.78 is 16.1. The molecule has 0 bridgehead atoms. The van der Waals surface area contributed by atoms with Crippen molar-refractivity contribution in [2.24, 2.45) is 0 Å². The molecule has 1 aromatic rings. The third kappa shape index (κ3) is 2.61. The van der Waals surface area contributed by atoms with Crippen molar-refractivity contribution < 1.29 is 14.2 Å². The maximum absolute atomic E-state index is 5.59. The van der Waals surface area contributed by atoms with Crippen LogP contribution in [0.2, 0.25) is 0 Å². The van der Waals surface area contributed by atoms with Crippen LogP contribution >= 0.6 is 0 Å². The molecule has 5 nitrogen and oxygen atoms in total. The normalized spacial score (nSPS) is 17.6. The summed E-state index contributed by atoms with van der Waals surface area (Å²) in [5, 5.41) is 0. The first kappa shape index (κ1) is 11.1. The molecule has 5 heteroatoms. The summed E-state index contributed by atoms with van der Waals surface area (Å²) in [6.07, 6.45) is 4.22. The number of hydrogen-bond acceptors (Lipinski definition) is 5. The molecule has 0 saturated carbocycles. The van der Waals surface area contributed by atoms with Gasteiger partial charge in [0.05, 0.1) is 32.2 Å². The molecule has 0 atom stereocenters. The van der Waals surface area contributed by atoms with E-state index in [1.54, 1.807) is 12.4 Å². The highest BCUT2D eigenvalue weighted by atomic mass is 16.6. The number of rotatable bonds is 5. The zero-order valence-electron chi connectivity index (χ0n) is 9.60. The Hall–Kier alpha value is -1.36. The average molecular weight is 224 g/mol. The molecule has 16 heavy (non-hydrogen) atoms. The predicted molar refractivity (Wildman–Crippen MR) is 57.7 cm³/mol. The fourth-order valence-electron chi connectivity index (χ4n) is 1.32. The first-order valence-corrected chi connectivity index (χ1v) is 5.43. The highest BCUT2D eigenvalue weighted by Gasteiger charge is 2.36. The fraction of sp³-hybridized carbons (Fsp3) is 0.636. The molecule has 0 spiro atoms. The first-order valence-electron chi connectivity index (χ1n) is 5.43. The molecule has 2 rings (SSSR count). The van der Waals surface area contributed by atoms with Gasteiger partial charge in [0.1, 0.15) is 0 Å². The van der Waals surface area contributed by atoms with Gasteiger partial charge in [-0.25, -0.2) is 0 Å². The van der Waals surface area contributed by atoms with Crippen LogP contribution in [0.1, 0.15) is 20.3 Å². The van der Waals surface area contributed by atoms with E-state index < -0.39 is 0 Å². The van der Waals surface area contributed by atoms with Crippen LogP contribution in [0, 0.1) is 0 Å². The largest absolute Gasteiger partial charge is 0.490 e. The van der Waals surface area contributed by atoms with Crippen molar-refractivity contribution >= 4 is 0 Å². The van der Waals surface area contributed by atoms with Gasteiger partial charge in [-0.15, -0.1) is 0 Å². The van der Waals surface area contributed by atoms with E-state index in [-0.39, 0.29) is 5.60 Å². The molecule has 88 valence electrons. The topological polar surface area (TPSA) is 53.5 Å². The molecule has 1 saturated heterocycles. The third-order valence-electron chi connectivity index (χ3n) is 2.23. The minimum Gasteiger partial charge on any atom is -0.490 e. The lowest BCUT2D eigenvalue weighted by Gasteiger charge is -2.36. The molecule has 1 aliphatic heterocycles. The zero-order chi connectivity index (χ0) is 11.4. The van der Waals surface area contributed by atoms with Crippen LogP contribution in [0.15, 0.2) is 12.4 Å². The molecule has 0 unspecified atom stereocenters. The molecule has 0 amide bonds. The van der Waals surface area contributed by atoms with Gasteiger partial charge in [0, 0.05) is 0 Å². The summed E-state index contributed by atoms with van der Waals surface area (Å²) in [4.78, 5) is 8.17. The van der Waals surface area contributed by atoms with Crippen molar-refractivity contribution in [3.8, 4) is 11.8 Å². The van der Waals surface area contributed by atoms with Gasteiger partial charge >= 0.3 is 6.01 Å². The Kier molecular flexibility index (Phi) is 3.24. The number of aromatic nitrogens is 2. The summed E-state index contributed by atoms with van der Waals surface area (Å²) in [6, 6.07) is 0.370. The van der Waals surface area contributed by atoms with E-state index in [0.29, 0.717) is 31.6 Å². The molecular formula is C11H16N2O3. The minimum atomic E-state index is -0.272. The Morgan fingerprint density at radius 1 is 1.38 bits per heavy atom. The number of hydrogen-bond donors (Lipinski definition) is 0. The summed E-state index contributed by atoms with van der Waals surface area (Å²) in [5.41, 5.74) is -0.272.